The van der Waals surface area contributed by atoms with Crippen molar-refractivity contribution in [1.29, 1.82) is 0 Å². The first kappa shape index (κ1) is 12.0. The summed E-state index contributed by atoms with van der Waals surface area (Å²) in [5.41, 5.74) is 6.02. The molecule has 3 N–H and O–H groups in total. The minimum Gasteiger partial charge on any atom is -0.348 e. The minimum atomic E-state index is -0.491. The van der Waals surface area contributed by atoms with Crippen LogP contribution in [0.4, 0.5) is 4.39 Å². The summed E-state index contributed by atoms with van der Waals surface area (Å²) in [6, 6.07) is 5.95. The lowest BCUT2D eigenvalue weighted by atomic mass is 9.91. The van der Waals surface area contributed by atoms with Crippen LogP contribution in [0.5, 0.6) is 0 Å². The number of halogens is 1. The lowest BCUT2D eigenvalue weighted by Gasteiger charge is -2.29. The Morgan fingerprint density at radius 1 is 1.29 bits per heavy atom. The van der Waals surface area contributed by atoms with Crippen LogP contribution in [0, 0.1) is 5.82 Å². The highest BCUT2D eigenvalue weighted by Crippen LogP contribution is 2.17. The second kappa shape index (κ2) is 5.27. The van der Waals surface area contributed by atoms with Crippen molar-refractivity contribution >= 4 is 5.91 Å². The van der Waals surface area contributed by atoms with Crippen molar-refractivity contribution in [2.75, 3.05) is 0 Å². The lowest BCUT2D eigenvalue weighted by Crippen LogP contribution is -2.49. The van der Waals surface area contributed by atoms with E-state index in [9.17, 15) is 9.18 Å². The highest BCUT2D eigenvalue weighted by molar-refractivity contribution is 5.94. The zero-order chi connectivity index (χ0) is 12.3. The number of hydrogen-bond acceptors (Lipinski definition) is 2. The number of rotatable bonds is 2. The standard InChI is InChI=1S/C13H17FN2O/c14-10-6-2-1-5-9(10)13(17)16-12-8-4-3-7-11(12)15/h1-2,5-6,11-12H,3-4,7-8,15H2,(H,16,17). The molecule has 0 spiro atoms. The van der Waals surface area contributed by atoms with Crippen LogP contribution in [-0.4, -0.2) is 18.0 Å². The molecule has 1 aromatic rings. The van der Waals surface area contributed by atoms with Crippen LogP contribution < -0.4 is 11.1 Å². The van der Waals surface area contributed by atoms with Crippen LogP contribution >= 0.6 is 0 Å². The number of nitrogens with two attached hydrogens (primary N) is 1. The number of hydrogen-bond donors (Lipinski definition) is 2. The van der Waals surface area contributed by atoms with Gasteiger partial charge in [-0.05, 0) is 25.0 Å². The summed E-state index contributed by atoms with van der Waals surface area (Å²) in [5, 5.41) is 2.82. The predicted octanol–water partition coefficient (Wildman–Crippen LogP) is 1.83. The minimum absolute atomic E-state index is 0.0144. The highest BCUT2D eigenvalue weighted by atomic mass is 19.1. The van der Waals surface area contributed by atoms with Gasteiger partial charge in [-0.3, -0.25) is 4.79 Å². The van der Waals surface area contributed by atoms with Crippen LogP contribution in [-0.2, 0) is 0 Å². The van der Waals surface area contributed by atoms with Crippen LogP contribution in [0.25, 0.3) is 0 Å². The fourth-order valence-corrected chi connectivity index (χ4v) is 2.23. The first-order chi connectivity index (χ1) is 8.18. The van der Waals surface area contributed by atoms with E-state index >= 15 is 0 Å². The smallest absolute Gasteiger partial charge is 0.254 e. The predicted molar refractivity (Wildman–Crippen MR) is 64.1 cm³/mol. The van der Waals surface area contributed by atoms with E-state index in [4.69, 9.17) is 5.73 Å². The molecule has 1 aliphatic rings. The Balaban J connectivity index is 2.04. The monoisotopic (exact) mass is 236 g/mol. The van der Waals surface area contributed by atoms with Crippen molar-refractivity contribution in [3.8, 4) is 0 Å². The van der Waals surface area contributed by atoms with Gasteiger partial charge in [0, 0.05) is 12.1 Å². The Kier molecular flexibility index (Phi) is 3.74. The first-order valence-corrected chi connectivity index (χ1v) is 5.99. The molecule has 0 saturated heterocycles. The number of carbonyl (C=O) groups excluding carboxylic acids is 1. The Morgan fingerprint density at radius 2 is 2.00 bits per heavy atom. The quantitative estimate of drug-likeness (QED) is 0.823. The van der Waals surface area contributed by atoms with Crippen molar-refractivity contribution in [1.82, 2.24) is 5.32 Å². The zero-order valence-corrected chi connectivity index (χ0v) is 9.66. The van der Waals surface area contributed by atoms with Gasteiger partial charge in [-0.1, -0.05) is 25.0 Å². The van der Waals surface area contributed by atoms with E-state index in [0.717, 1.165) is 25.7 Å². The molecule has 1 aromatic carbocycles. The van der Waals surface area contributed by atoms with Crippen molar-refractivity contribution in [3.05, 3.63) is 35.6 Å². The molecule has 2 rings (SSSR count). The van der Waals surface area contributed by atoms with E-state index in [-0.39, 0.29) is 23.6 Å². The van der Waals surface area contributed by atoms with Crippen LogP contribution in [0.2, 0.25) is 0 Å². The largest absolute Gasteiger partial charge is 0.348 e. The van der Waals surface area contributed by atoms with Crippen LogP contribution in [0.3, 0.4) is 0 Å². The molecule has 2 atom stereocenters. The Labute approximate surface area is 100 Å². The van der Waals surface area contributed by atoms with Gasteiger partial charge in [-0.2, -0.15) is 0 Å². The Bertz CT molecular complexity index is 408. The lowest BCUT2D eigenvalue weighted by molar-refractivity contribution is 0.0917. The molecular weight excluding hydrogens is 219 g/mol. The molecule has 1 saturated carbocycles. The van der Waals surface area contributed by atoms with Gasteiger partial charge < -0.3 is 11.1 Å². The Morgan fingerprint density at radius 3 is 2.71 bits per heavy atom. The van der Waals surface area contributed by atoms with Gasteiger partial charge in [-0.15, -0.1) is 0 Å². The second-order valence-corrected chi connectivity index (χ2v) is 4.51. The summed E-state index contributed by atoms with van der Waals surface area (Å²) < 4.78 is 13.4. The SMILES string of the molecule is NC1CCCCC1NC(=O)c1ccccc1F. The summed E-state index contributed by atoms with van der Waals surface area (Å²) in [5.74, 6) is -0.861. The molecule has 1 aliphatic carbocycles. The van der Waals surface area contributed by atoms with Crippen LogP contribution in [0.15, 0.2) is 24.3 Å². The van der Waals surface area contributed by atoms with Crippen molar-refractivity contribution in [2.45, 2.75) is 37.8 Å². The molecule has 0 radical (unpaired) electrons. The van der Waals surface area contributed by atoms with Crippen molar-refractivity contribution in [2.24, 2.45) is 5.73 Å². The van der Waals surface area contributed by atoms with Crippen molar-refractivity contribution < 1.29 is 9.18 Å². The molecule has 0 aromatic heterocycles. The molecule has 0 bridgehead atoms. The van der Waals surface area contributed by atoms with E-state index in [1.54, 1.807) is 12.1 Å². The van der Waals surface area contributed by atoms with Crippen LogP contribution in [0.1, 0.15) is 36.0 Å². The molecular formula is C13H17FN2O. The topological polar surface area (TPSA) is 55.1 Å². The third-order valence-corrected chi connectivity index (χ3v) is 3.25. The highest BCUT2D eigenvalue weighted by Gasteiger charge is 2.24. The third-order valence-electron chi connectivity index (χ3n) is 3.25. The van der Waals surface area contributed by atoms with Gasteiger partial charge in [0.1, 0.15) is 5.82 Å². The van der Waals surface area contributed by atoms with Gasteiger partial charge in [-0.25, -0.2) is 4.39 Å². The molecule has 0 heterocycles. The van der Waals surface area contributed by atoms with E-state index in [1.807, 2.05) is 0 Å². The number of amides is 1. The van der Waals surface area contributed by atoms with E-state index < -0.39 is 5.82 Å². The number of carbonyl (C=O) groups is 1. The average molecular weight is 236 g/mol. The van der Waals surface area contributed by atoms with Gasteiger partial charge >= 0.3 is 0 Å². The van der Waals surface area contributed by atoms with Gasteiger partial charge in [0.05, 0.1) is 5.56 Å². The van der Waals surface area contributed by atoms with Gasteiger partial charge in [0.15, 0.2) is 0 Å². The fourth-order valence-electron chi connectivity index (χ4n) is 2.23. The number of nitrogens with one attached hydrogen (secondary N) is 1. The second-order valence-electron chi connectivity index (χ2n) is 4.51. The maximum Gasteiger partial charge on any atom is 0.254 e. The van der Waals surface area contributed by atoms with Gasteiger partial charge in [0.2, 0.25) is 0 Å². The number of benzene rings is 1. The summed E-state index contributed by atoms with van der Waals surface area (Å²) in [6.07, 6.45) is 3.97. The summed E-state index contributed by atoms with van der Waals surface area (Å²) in [7, 11) is 0. The molecule has 4 heteroatoms. The van der Waals surface area contributed by atoms with E-state index in [2.05, 4.69) is 5.32 Å². The molecule has 0 aliphatic heterocycles. The fraction of sp³-hybridized carbons (Fsp3) is 0.462. The van der Waals surface area contributed by atoms with Crippen molar-refractivity contribution in [3.63, 3.8) is 0 Å². The summed E-state index contributed by atoms with van der Waals surface area (Å²) >= 11 is 0. The molecule has 1 amide bonds. The summed E-state index contributed by atoms with van der Waals surface area (Å²) in [6.45, 7) is 0. The maximum atomic E-state index is 13.4. The molecule has 3 nitrogen and oxygen atoms in total. The van der Waals surface area contributed by atoms with E-state index in [1.165, 1.54) is 12.1 Å². The Hall–Kier alpha value is -1.42. The normalized spacial score (nSPS) is 24.4. The molecule has 92 valence electrons. The van der Waals surface area contributed by atoms with E-state index in [0.29, 0.717) is 0 Å². The maximum absolute atomic E-state index is 13.4. The first-order valence-electron chi connectivity index (χ1n) is 5.99. The van der Waals surface area contributed by atoms with Gasteiger partial charge in [0.25, 0.3) is 5.91 Å². The molecule has 2 unspecified atom stereocenters. The zero-order valence-electron chi connectivity index (χ0n) is 9.66. The molecule has 17 heavy (non-hydrogen) atoms. The summed E-state index contributed by atoms with van der Waals surface area (Å²) in [4.78, 5) is 11.9. The average Bonchev–Trinajstić information content (AvgIpc) is 2.32. The third kappa shape index (κ3) is 2.82. The molecule has 1 fully saturated rings.